The molecule has 0 saturated carbocycles. The summed E-state index contributed by atoms with van der Waals surface area (Å²) >= 11 is 0. The van der Waals surface area contributed by atoms with Crippen LogP contribution in [-0.4, -0.2) is 45.0 Å². The molecule has 29 heavy (non-hydrogen) atoms. The molecule has 0 N–H and O–H groups in total. The Bertz CT molecular complexity index is 969. The lowest BCUT2D eigenvalue weighted by Crippen LogP contribution is -2.40. The Morgan fingerprint density at radius 2 is 1.83 bits per heavy atom. The van der Waals surface area contributed by atoms with E-state index in [0.29, 0.717) is 19.1 Å². The molecular weight excluding hydrogens is 397 g/mol. The number of nitrogens with zero attached hydrogens (tertiary/aromatic N) is 1. The second-order valence-electron chi connectivity index (χ2n) is 6.93. The summed E-state index contributed by atoms with van der Waals surface area (Å²) in [7, 11) is -3.85. The molecule has 0 unspecified atom stereocenters. The minimum absolute atomic E-state index is 0.153. The van der Waals surface area contributed by atoms with Crippen molar-refractivity contribution >= 4 is 16.0 Å². The van der Waals surface area contributed by atoms with Gasteiger partial charge in [-0.05, 0) is 48.2 Å². The largest absolute Gasteiger partial charge is 0.423 e. The van der Waals surface area contributed by atoms with Crippen LogP contribution in [0.1, 0.15) is 42.1 Å². The number of morpholine rings is 1. The summed E-state index contributed by atoms with van der Waals surface area (Å²) in [5.74, 6) is -1.15. The molecule has 6 nitrogen and oxygen atoms in total. The molecular formula is C21H24FNO5S. The molecule has 3 rings (SSSR count). The Balaban J connectivity index is 1.81. The van der Waals surface area contributed by atoms with Crippen LogP contribution in [0.5, 0.6) is 5.75 Å². The molecule has 1 aliphatic heterocycles. The van der Waals surface area contributed by atoms with Gasteiger partial charge in [0.1, 0.15) is 11.6 Å². The van der Waals surface area contributed by atoms with Crippen LogP contribution in [-0.2, 0) is 14.8 Å². The van der Waals surface area contributed by atoms with Crippen molar-refractivity contribution in [1.29, 1.82) is 0 Å². The van der Waals surface area contributed by atoms with Gasteiger partial charge < -0.3 is 9.47 Å². The highest BCUT2D eigenvalue weighted by Gasteiger charge is 2.28. The molecule has 1 atom stereocenters. The Morgan fingerprint density at radius 3 is 2.45 bits per heavy atom. The first kappa shape index (κ1) is 21.4. The molecule has 0 amide bonds. The van der Waals surface area contributed by atoms with E-state index in [1.54, 1.807) is 12.1 Å². The zero-order chi connectivity index (χ0) is 21.0. The van der Waals surface area contributed by atoms with Gasteiger partial charge in [-0.3, -0.25) is 0 Å². The smallest absolute Gasteiger partial charge is 0.346 e. The van der Waals surface area contributed by atoms with Crippen LogP contribution in [0.15, 0.2) is 47.4 Å². The topological polar surface area (TPSA) is 72.9 Å². The first-order valence-electron chi connectivity index (χ1n) is 9.52. The summed E-state index contributed by atoms with van der Waals surface area (Å²) in [6.45, 7) is 5.18. The number of rotatable bonds is 6. The summed E-state index contributed by atoms with van der Waals surface area (Å²) in [5, 5.41) is 0. The van der Waals surface area contributed by atoms with Gasteiger partial charge in [0.25, 0.3) is 0 Å². The van der Waals surface area contributed by atoms with E-state index in [1.807, 2.05) is 12.1 Å². The molecule has 156 valence electrons. The van der Waals surface area contributed by atoms with Crippen molar-refractivity contribution in [3.63, 3.8) is 0 Å². The normalized spacial score (nSPS) is 16.4. The van der Waals surface area contributed by atoms with Crippen LogP contribution in [0.2, 0.25) is 0 Å². The van der Waals surface area contributed by atoms with E-state index in [2.05, 4.69) is 13.8 Å². The zero-order valence-electron chi connectivity index (χ0n) is 16.4. The molecule has 0 aromatic heterocycles. The third-order valence-corrected chi connectivity index (χ3v) is 6.93. The molecule has 1 heterocycles. The molecule has 0 aliphatic carbocycles. The van der Waals surface area contributed by atoms with Gasteiger partial charge in [-0.1, -0.05) is 26.0 Å². The van der Waals surface area contributed by atoms with Gasteiger partial charge in [0.2, 0.25) is 10.0 Å². The van der Waals surface area contributed by atoms with Gasteiger partial charge >= 0.3 is 5.97 Å². The average molecular weight is 421 g/mol. The van der Waals surface area contributed by atoms with E-state index >= 15 is 0 Å². The molecule has 1 aliphatic rings. The highest BCUT2D eigenvalue weighted by Crippen LogP contribution is 2.24. The van der Waals surface area contributed by atoms with Crippen LogP contribution >= 0.6 is 0 Å². The minimum Gasteiger partial charge on any atom is -0.423 e. The van der Waals surface area contributed by atoms with Gasteiger partial charge in [0, 0.05) is 13.1 Å². The van der Waals surface area contributed by atoms with E-state index in [4.69, 9.17) is 9.47 Å². The minimum atomic E-state index is -3.85. The number of esters is 1. The maximum Gasteiger partial charge on any atom is 0.346 e. The molecule has 2 aromatic rings. The SMILES string of the molecule is CC[C@H](C)c1ccc(OC(=O)c2cc(S(=O)(=O)N3CCOCC3)ccc2F)cc1. The third-order valence-electron chi connectivity index (χ3n) is 5.04. The fourth-order valence-electron chi connectivity index (χ4n) is 3.02. The van der Waals surface area contributed by atoms with Crippen LogP contribution < -0.4 is 4.74 Å². The Kier molecular flexibility index (Phi) is 6.66. The van der Waals surface area contributed by atoms with Crippen molar-refractivity contribution in [2.45, 2.75) is 31.1 Å². The number of sulfonamides is 1. The van der Waals surface area contributed by atoms with Crippen molar-refractivity contribution in [2.24, 2.45) is 0 Å². The standard InChI is InChI=1S/C21H24FNO5S/c1-3-15(2)16-4-6-17(7-5-16)28-21(24)19-14-18(8-9-20(19)22)29(25,26)23-10-12-27-13-11-23/h4-9,14-15H,3,10-13H2,1-2H3/t15-/m0/s1. The van der Waals surface area contributed by atoms with Crippen molar-refractivity contribution in [1.82, 2.24) is 4.31 Å². The maximum atomic E-state index is 14.2. The molecule has 1 fully saturated rings. The first-order valence-corrected chi connectivity index (χ1v) is 11.0. The fourth-order valence-corrected chi connectivity index (χ4v) is 4.45. The van der Waals surface area contributed by atoms with Crippen molar-refractivity contribution in [3.05, 3.63) is 59.4 Å². The van der Waals surface area contributed by atoms with E-state index in [-0.39, 0.29) is 23.7 Å². The molecule has 0 radical (unpaired) electrons. The van der Waals surface area contributed by atoms with Gasteiger partial charge in [-0.15, -0.1) is 0 Å². The average Bonchev–Trinajstić information content (AvgIpc) is 2.74. The first-order chi connectivity index (χ1) is 13.8. The fraction of sp³-hybridized carbons (Fsp3) is 0.381. The van der Waals surface area contributed by atoms with Gasteiger partial charge in [-0.25, -0.2) is 17.6 Å². The van der Waals surface area contributed by atoms with Crippen molar-refractivity contribution < 1.29 is 27.1 Å². The monoisotopic (exact) mass is 421 g/mol. The Morgan fingerprint density at radius 1 is 1.17 bits per heavy atom. The van der Waals surface area contributed by atoms with E-state index in [0.717, 1.165) is 30.2 Å². The van der Waals surface area contributed by atoms with E-state index in [1.165, 1.54) is 4.31 Å². The molecule has 8 heteroatoms. The predicted molar refractivity (Wildman–Crippen MR) is 106 cm³/mol. The highest BCUT2D eigenvalue weighted by atomic mass is 32.2. The number of carbonyl (C=O) groups excluding carboxylic acids is 1. The van der Waals surface area contributed by atoms with Crippen LogP contribution in [0.3, 0.4) is 0 Å². The number of benzene rings is 2. The van der Waals surface area contributed by atoms with E-state index < -0.39 is 27.4 Å². The summed E-state index contributed by atoms with van der Waals surface area (Å²) in [4.78, 5) is 12.3. The van der Waals surface area contributed by atoms with Crippen LogP contribution in [0.4, 0.5) is 4.39 Å². The Hall–Kier alpha value is -2.29. The maximum absolute atomic E-state index is 14.2. The van der Waals surface area contributed by atoms with Gasteiger partial charge in [-0.2, -0.15) is 4.31 Å². The zero-order valence-corrected chi connectivity index (χ0v) is 17.2. The summed E-state index contributed by atoms with van der Waals surface area (Å²) in [5.41, 5.74) is 0.683. The molecule has 1 saturated heterocycles. The second kappa shape index (κ2) is 9.02. The van der Waals surface area contributed by atoms with E-state index in [9.17, 15) is 17.6 Å². The van der Waals surface area contributed by atoms with Crippen LogP contribution in [0, 0.1) is 5.82 Å². The van der Waals surface area contributed by atoms with Gasteiger partial charge in [0.05, 0.1) is 23.7 Å². The highest BCUT2D eigenvalue weighted by molar-refractivity contribution is 7.89. The molecule has 0 spiro atoms. The predicted octanol–water partition coefficient (Wildman–Crippen LogP) is 3.58. The van der Waals surface area contributed by atoms with Gasteiger partial charge in [0.15, 0.2) is 0 Å². The van der Waals surface area contributed by atoms with Crippen molar-refractivity contribution in [2.75, 3.05) is 26.3 Å². The second-order valence-corrected chi connectivity index (χ2v) is 8.86. The number of hydrogen-bond donors (Lipinski definition) is 0. The third kappa shape index (κ3) is 4.83. The summed E-state index contributed by atoms with van der Waals surface area (Å²) in [6, 6.07) is 10.1. The van der Waals surface area contributed by atoms with Crippen molar-refractivity contribution in [3.8, 4) is 5.75 Å². The lowest BCUT2D eigenvalue weighted by Gasteiger charge is -2.26. The number of halogens is 1. The van der Waals surface area contributed by atoms with Crippen LogP contribution in [0.25, 0.3) is 0 Å². The quantitative estimate of drug-likeness (QED) is 0.527. The summed E-state index contributed by atoms with van der Waals surface area (Å²) in [6.07, 6.45) is 0.981. The number of ether oxygens (including phenoxy) is 2. The lowest BCUT2D eigenvalue weighted by atomic mass is 9.99. The Labute approximate surface area is 170 Å². The molecule has 2 aromatic carbocycles. The lowest BCUT2D eigenvalue weighted by molar-refractivity contribution is 0.0724. The summed E-state index contributed by atoms with van der Waals surface area (Å²) < 4.78 is 51.4. The number of carbonyl (C=O) groups is 1. The molecule has 0 bridgehead atoms. The number of hydrogen-bond acceptors (Lipinski definition) is 5.